The first-order valence-corrected chi connectivity index (χ1v) is 10.3. The van der Waals surface area contributed by atoms with Gasteiger partial charge in [0.1, 0.15) is 11.5 Å². The lowest BCUT2D eigenvalue weighted by molar-refractivity contribution is 0.558. The van der Waals surface area contributed by atoms with Crippen molar-refractivity contribution >= 4 is 27.1 Å². The van der Waals surface area contributed by atoms with Gasteiger partial charge in [-0.1, -0.05) is 79.0 Å². The van der Waals surface area contributed by atoms with Crippen LogP contribution in [0.15, 0.2) is 0 Å². The van der Waals surface area contributed by atoms with Crippen LogP contribution in [0.4, 0.5) is 0 Å². The van der Waals surface area contributed by atoms with Crippen LogP contribution < -0.4 is 0 Å². The van der Waals surface area contributed by atoms with Crippen molar-refractivity contribution in [1.82, 2.24) is 0 Å². The second-order valence-electron chi connectivity index (χ2n) is 5.07. The first-order chi connectivity index (χ1) is 8.81. The van der Waals surface area contributed by atoms with Crippen molar-refractivity contribution in [1.29, 1.82) is 0 Å². The van der Waals surface area contributed by atoms with Crippen LogP contribution in [0.25, 0.3) is 0 Å². The first kappa shape index (κ1) is 18.8. The Labute approximate surface area is 126 Å². The second-order valence-corrected chi connectivity index (χ2v) is 7.56. The predicted octanol–water partition coefficient (Wildman–Crippen LogP) is 5.44. The lowest BCUT2D eigenvalue weighted by atomic mass is 10.1. The van der Waals surface area contributed by atoms with Gasteiger partial charge >= 0.3 is 0 Å². The molecule has 0 aromatic carbocycles. The zero-order chi connectivity index (χ0) is 13.5. The molecule has 0 aliphatic carbocycles. The number of rotatable bonds is 14. The molecule has 0 saturated carbocycles. The molecule has 3 heteroatoms. The Morgan fingerprint density at radius 3 is 1.61 bits per heavy atom. The lowest BCUT2D eigenvalue weighted by Crippen LogP contribution is -2.10. The molecule has 0 fully saturated rings. The maximum atomic E-state index is 11.4. The summed E-state index contributed by atoms with van der Waals surface area (Å²) in [4.78, 5) is 0. The Bertz CT molecular complexity index is 155. The molecule has 0 radical (unpaired) electrons. The smallest absolute Gasteiger partial charge is 0.105 e. The lowest BCUT2D eigenvalue weighted by Gasteiger charge is -2.09. The molecule has 1 nitrogen and oxygen atoms in total. The average Bonchev–Trinajstić information content (AvgIpc) is 2.36. The SMILES string of the molecule is CCC[S+]([O-])CCCCCCCCCCCCBr. The van der Waals surface area contributed by atoms with Crippen LogP contribution in [-0.4, -0.2) is 21.4 Å². The zero-order valence-corrected chi connectivity index (χ0v) is 14.5. The minimum Gasteiger partial charge on any atom is -0.616 e. The van der Waals surface area contributed by atoms with E-state index in [-0.39, 0.29) is 0 Å². The van der Waals surface area contributed by atoms with E-state index in [9.17, 15) is 4.55 Å². The summed E-state index contributed by atoms with van der Waals surface area (Å²) in [5.41, 5.74) is 0. The summed E-state index contributed by atoms with van der Waals surface area (Å²) in [6.07, 6.45) is 14.5. The molecule has 18 heavy (non-hydrogen) atoms. The maximum absolute atomic E-state index is 11.4. The molecular formula is C15H31BrOS. The van der Waals surface area contributed by atoms with Crippen LogP contribution in [0.2, 0.25) is 0 Å². The largest absolute Gasteiger partial charge is 0.616 e. The molecule has 0 saturated heterocycles. The number of alkyl halides is 1. The fraction of sp³-hybridized carbons (Fsp3) is 1.00. The van der Waals surface area contributed by atoms with Gasteiger partial charge in [-0.3, -0.25) is 0 Å². The van der Waals surface area contributed by atoms with E-state index < -0.39 is 11.2 Å². The molecule has 0 N–H and O–H groups in total. The van der Waals surface area contributed by atoms with Crippen molar-refractivity contribution in [2.24, 2.45) is 0 Å². The molecule has 0 aliphatic rings. The van der Waals surface area contributed by atoms with E-state index in [1.165, 1.54) is 57.8 Å². The Kier molecular flexibility index (Phi) is 16.5. The average molecular weight is 339 g/mol. The Morgan fingerprint density at radius 1 is 0.722 bits per heavy atom. The molecule has 1 atom stereocenters. The van der Waals surface area contributed by atoms with Gasteiger partial charge in [0.25, 0.3) is 0 Å². The Hall–Kier alpha value is 0.790. The third kappa shape index (κ3) is 14.8. The number of halogens is 1. The molecule has 0 amide bonds. The highest BCUT2D eigenvalue weighted by molar-refractivity contribution is 9.09. The molecule has 0 heterocycles. The normalized spacial score (nSPS) is 12.8. The molecule has 0 aliphatic heterocycles. The highest BCUT2D eigenvalue weighted by atomic mass is 79.9. The van der Waals surface area contributed by atoms with E-state index >= 15 is 0 Å². The van der Waals surface area contributed by atoms with Gasteiger partial charge in [-0.15, -0.1) is 0 Å². The molecule has 0 spiro atoms. The van der Waals surface area contributed by atoms with Crippen molar-refractivity contribution in [3.63, 3.8) is 0 Å². The van der Waals surface area contributed by atoms with E-state index in [4.69, 9.17) is 0 Å². The monoisotopic (exact) mass is 338 g/mol. The standard InChI is InChI=1S/C15H31BrOS/c1-2-14-18(17)15-12-10-8-6-4-3-5-7-9-11-13-16/h2-15H2,1H3. The van der Waals surface area contributed by atoms with Gasteiger partial charge in [-0.25, -0.2) is 0 Å². The summed E-state index contributed by atoms with van der Waals surface area (Å²) in [5.74, 6) is 1.83. The highest BCUT2D eigenvalue weighted by Crippen LogP contribution is 2.11. The van der Waals surface area contributed by atoms with Crippen LogP contribution >= 0.6 is 15.9 Å². The van der Waals surface area contributed by atoms with Gasteiger partial charge in [0.15, 0.2) is 0 Å². The Balaban J connectivity index is 2.98. The van der Waals surface area contributed by atoms with Gasteiger partial charge < -0.3 is 4.55 Å². The number of hydrogen-bond acceptors (Lipinski definition) is 1. The number of hydrogen-bond donors (Lipinski definition) is 0. The van der Waals surface area contributed by atoms with E-state index in [1.54, 1.807) is 0 Å². The van der Waals surface area contributed by atoms with Crippen LogP contribution in [0.1, 0.15) is 77.6 Å². The molecule has 0 aromatic rings. The van der Waals surface area contributed by atoms with Gasteiger partial charge in [0.2, 0.25) is 0 Å². The van der Waals surface area contributed by atoms with Crippen LogP contribution in [0.3, 0.4) is 0 Å². The molecular weight excluding hydrogens is 308 g/mol. The third-order valence-corrected chi connectivity index (χ3v) is 5.36. The topological polar surface area (TPSA) is 23.1 Å². The molecule has 0 bridgehead atoms. The quantitative estimate of drug-likeness (QED) is 0.235. The minimum atomic E-state index is -0.538. The summed E-state index contributed by atoms with van der Waals surface area (Å²) in [7, 11) is 0. The van der Waals surface area contributed by atoms with Gasteiger partial charge in [0.05, 0.1) is 0 Å². The fourth-order valence-corrected chi connectivity index (χ4v) is 3.68. The van der Waals surface area contributed by atoms with Crippen molar-refractivity contribution in [2.45, 2.75) is 77.6 Å². The van der Waals surface area contributed by atoms with E-state index in [0.717, 1.165) is 29.7 Å². The second kappa shape index (κ2) is 15.8. The van der Waals surface area contributed by atoms with Crippen molar-refractivity contribution in [3.8, 4) is 0 Å². The van der Waals surface area contributed by atoms with Gasteiger partial charge in [-0.2, -0.15) is 0 Å². The molecule has 110 valence electrons. The van der Waals surface area contributed by atoms with E-state index in [1.807, 2.05) is 0 Å². The van der Waals surface area contributed by atoms with Gasteiger partial charge in [-0.05, 0) is 25.7 Å². The van der Waals surface area contributed by atoms with Crippen molar-refractivity contribution in [3.05, 3.63) is 0 Å². The van der Waals surface area contributed by atoms with Gasteiger partial charge in [0, 0.05) is 5.33 Å². The maximum Gasteiger partial charge on any atom is 0.105 e. The fourth-order valence-electron chi connectivity index (χ4n) is 2.10. The summed E-state index contributed by atoms with van der Waals surface area (Å²) in [6.45, 7) is 2.11. The van der Waals surface area contributed by atoms with E-state index in [2.05, 4.69) is 22.9 Å². The van der Waals surface area contributed by atoms with Crippen molar-refractivity contribution in [2.75, 3.05) is 16.8 Å². The summed E-state index contributed by atoms with van der Waals surface area (Å²) in [6, 6.07) is 0. The zero-order valence-electron chi connectivity index (χ0n) is 12.1. The highest BCUT2D eigenvalue weighted by Gasteiger charge is 2.02. The summed E-state index contributed by atoms with van der Waals surface area (Å²) >= 11 is 2.93. The van der Waals surface area contributed by atoms with E-state index in [0.29, 0.717) is 0 Å². The van der Waals surface area contributed by atoms with Crippen LogP contribution in [-0.2, 0) is 11.2 Å². The molecule has 0 aromatic heterocycles. The number of unbranched alkanes of at least 4 members (excludes halogenated alkanes) is 9. The molecule has 0 rings (SSSR count). The minimum absolute atomic E-state index is 0.538. The first-order valence-electron chi connectivity index (χ1n) is 7.72. The third-order valence-electron chi connectivity index (χ3n) is 3.19. The van der Waals surface area contributed by atoms with Crippen LogP contribution in [0, 0.1) is 0 Å². The predicted molar refractivity (Wildman–Crippen MR) is 88.1 cm³/mol. The van der Waals surface area contributed by atoms with Crippen LogP contribution in [0.5, 0.6) is 0 Å². The van der Waals surface area contributed by atoms with Crippen molar-refractivity contribution < 1.29 is 4.55 Å². The molecule has 1 unspecified atom stereocenters. The summed E-state index contributed by atoms with van der Waals surface area (Å²) < 4.78 is 11.4. The summed E-state index contributed by atoms with van der Waals surface area (Å²) in [5, 5.41) is 1.16. The Morgan fingerprint density at radius 2 is 1.17 bits per heavy atom.